The molecular formula is C25H28N4O2S. The molecule has 32 heavy (non-hydrogen) atoms. The molecule has 0 N–H and O–H groups in total. The summed E-state index contributed by atoms with van der Waals surface area (Å²) in [6.45, 7) is 9.53. The SMILES string of the molecule is C=CCn1c(COc2cc(C)ccc2C)nnc1SCC(=O)N1CCCc2ccccc21. The fourth-order valence-corrected chi connectivity index (χ4v) is 4.69. The quantitative estimate of drug-likeness (QED) is 0.368. The van der Waals surface area contributed by atoms with Crippen LogP contribution >= 0.6 is 11.8 Å². The lowest BCUT2D eigenvalue weighted by molar-refractivity contribution is -0.116. The number of aromatic nitrogens is 3. The van der Waals surface area contributed by atoms with E-state index in [4.69, 9.17) is 4.74 Å². The van der Waals surface area contributed by atoms with Crippen LogP contribution in [0.1, 0.15) is 28.9 Å². The summed E-state index contributed by atoms with van der Waals surface area (Å²) in [6, 6.07) is 14.3. The second-order valence-electron chi connectivity index (χ2n) is 7.92. The first-order chi connectivity index (χ1) is 15.6. The van der Waals surface area contributed by atoms with E-state index in [1.807, 2.05) is 53.6 Å². The molecule has 1 amide bonds. The molecule has 0 bridgehead atoms. The number of rotatable bonds is 8. The highest BCUT2D eigenvalue weighted by molar-refractivity contribution is 7.99. The molecule has 1 aliphatic rings. The van der Waals surface area contributed by atoms with Gasteiger partial charge in [0.15, 0.2) is 11.0 Å². The van der Waals surface area contributed by atoms with Crippen LogP contribution in [0, 0.1) is 13.8 Å². The van der Waals surface area contributed by atoms with E-state index in [1.54, 1.807) is 6.08 Å². The van der Waals surface area contributed by atoms with Crippen molar-refractivity contribution in [1.29, 1.82) is 0 Å². The first-order valence-electron chi connectivity index (χ1n) is 10.8. The van der Waals surface area contributed by atoms with Crippen molar-refractivity contribution in [1.82, 2.24) is 14.8 Å². The summed E-state index contributed by atoms with van der Waals surface area (Å²) in [5.74, 6) is 1.94. The summed E-state index contributed by atoms with van der Waals surface area (Å²) in [4.78, 5) is 14.9. The lowest BCUT2D eigenvalue weighted by Crippen LogP contribution is -2.36. The Balaban J connectivity index is 1.44. The molecule has 4 rings (SSSR count). The van der Waals surface area contributed by atoms with Crippen molar-refractivity contribution in [3.05, 3.63) is 77.6 Å². The molecule has 7 heteroatoms. The summed E-state index contributed by atoms with van der Waals surface area (Å²) in [7, 11) is 0. The average molecular weight is 449 g/mol. The zero-order valence-electron chi connectivity index (χ0n) is 18.6. The van der Waals surface area contributed by atoms with Crippen LogP contribution in [0.25, 0.3) is 0 Å². The van der Waals surface area contributed by atoms with Gasteiger partial charge in [0.2, 0.25) is 5.91 Å². The number of hydrogen-bond acceptors (Lipinski definition) is 5. The van der Waals surface area contributed by atoms with Crippen molar-refractivity contribution >= 4 is 23.4 Å². The minimum absolute atomic E-state index is 0.0866. The van der Waals surface area contributed by atoms with Crippen molar-refractivity contribution in [3.63, 3.8) is 0 Å². The number of aryl methyl sites for hydroxylation is 3. The first-order valence-corrected chi connectivity index (χ1v) is 11.8. The van der Waals surface area contributed by atoms with Gasteiger partial charge in [0.05, 0.1) is 5.75 Å². The fraction of sp³-hybridized carbons (Fsp3) is 0.320. The Labute approximate surface area is 193 Å². The molecule has 1 aromatic heterocycles. The van der Waals surface area contributed by atoms with Crippen LogP contribution in [-0.4, -0.2) is 33.0 Å². The molecular weight excluding hydrogens is 420 g/mol. The molecule has 0 spiro atoms. The summed E-state index contributed by atoms with van der Waals surface area (Å²) >= 11 is 1.41. The number of thioether (sulfide) groups is 1. The van der Waals surface area contributed by atoms with Crippen LogP contribution in [0.4, 0.5) is 5.69 Å². The van der Waals surface area contributed by atoms with E-state index in [9.17, 15) is 4.79 Å². The van der Waals surface area contributed by atoms with E-state index in [0.717, 1.165) is 42.0 Å². The van der Waals surface area contributed by atoms with Gasteiger partial charge in [-0.25, -0.2) is 0 Å². The van der Waals surface area contributed by atoms with Gasteiger partial charge in [0, 0.05) is 18.8 Å². The molecule has 0 radical (unpaired) electrons. The molecule has 3 aromatic rings. The van der Waals surface area contributed by atoms with E-state index in [0.29, 0.717) is 29.9 Å². The summed E-state index contributed by atoms with van der Waals surface area (Å²) in [6.07, 6.45) is 3.81. The molecule has 1 aliphatic heterocycles. The number of carbonyl (C=O) groups excluding carboxylic acids is 1. The lowest BCUT2D eigenvalue weighted by Gasteiger charge is -2.29. The number of carbonyl (C=O) groups is 1. The number of para-hydroxylation sites is 1. The number of hydrogen-bond donors (Lipinski definition) is 0. The van der Waals surface area contributed by atoms with Crippen molar-refractivity contribution in [2.24, 2.45) is 0 Å². The molecule has 0 saturated carbocycles. The normalized spacial score (nSPS) is 13.0. The smallest absolute Gasteiger partial charge is 0.237 e. The Morgan fingerprint density at radius 3 is 2.91 bits per heavy atom. The second-order valence-corrected chi connectivity index (χ2v) is 8.86. The van der Waals surface area contributed by atoms with E-state index >= 15 is 0 Å². The van der Waals surface area contributed by atoms with Crippen LogP contribution in [0.5, 0.6) is 5.75 Å². The van der Waals surface area contributed by atoms with E-state index in [2.05, 4.69) is 28.9 Å². The van der Waals surface area contributed by atoms with Crippen molar-refractivity contribution < 1.29 is 9.53 Å². The highest BCUT2D eigenvalue weighted by Gasteiger charge is 2.23. The summed E-state index contributed by atoms with van der Waals surface area (Å²) < 4.78 is 7.98. The third kappa shape index (κ3) is 4.88. The van der Waals surface area contributed by atoms with Crippen LogP contribution in [-0.2, 0) is 24.4 Å². The number of allylic oxidation sites excluding steroid dienone is 1. The monoisotopic (exact) mass is 448 g/mol. The van der Waals surface area contributed by atoms with E-state index in [1.165, 1.54) is 17.3 Å². The number of nitrogens with zero attached hydrogens (tertiary/aromatic N) is 4. The maximum Gasteiger partial charge on any atom is 0.237 e. The van der Waals surface area contributed by atoms with Crippen LogP contribution in [0.15, 0.2) is 60.3 Å². The van der Waals surface area contributed by atoms with Gasteiger partial charge in [0.25, 0.3) is 0 Å². The Morgan fingerprint density at radius 1 is 1.22 bits per heavy atom. The molecule has 166 valence electrons. The van der Waals surface area contributed by atoms with Gasteiger partial charge >= 0.3 is 0 Å². The average Bonchev–Trinajstić information content (AvgIpc) is 3.19. The Hall–Kier alpha value is -3.06. The number of amides is 1. The maximum absolute atomic E-state index is 13.0. The van der Waals surface area contributed by atoms with Gasteiger partial charge in [0.1, 0.15) is 12.4 Å². The highest BCUT2D eigenvalue weighted by Crippen LogP contribution is 2.28. The summed E-state index contributed by atoms with van der Waals surface area (Å²) in [5, 5.41) is 9.35. The van der Waals surface area contributed by atoms with Crippen molar-refractivity contribution in [2.45, 2.75) is 45.0 Å². The van der Waals surface area contributed by atoms with Gasteiger partial charge < -0.3 is 9.64 Å². The van der Waals surface area contributed by atoms with E-state index in [-0.39, 0.29) is 5.91 Å². The fourth-order valence-electron chi connectivity index (χ4n) is 3.85. The number of fused-ring (bicyclic) bond motifs is 1. The summed E-state index contributed by atoms with van der Waals surface area (Å²) in [5.41, 5.74) is 4.48. The molecule has 0 unspecified atom stereocenters. The Morgan fingerprint density at radius 2 is 2.06 bits per heavy atom. The molecule has 0 aliphatic carbocycles. The predicted molar refractivity (Wildman–Crippen MR) is 128 cm³/mol. The van der Waals surface area contributed by atoms with Gasteiger partial charge in [-0.05, 0) is 55.5 Å². The minimum Gasteiger partial charge on any atom is -0.485 e. The van der Waals surface area contributed by atoms with Gasteiger partial charge in [-0.3, -0.25) is 9.36 Å². The zero-order valence-corrected chi connectivity index (χ0v) is 19.4. The molecule has 2 aromatic carbocycles. The maximum atomic E-state index is 13.0. The van der Waals surface area contributed by atoms with Gasteiger partial charge in [-0.2, -0.15) is 0 Å². The third-order valence-corrected chi connectivity index (χ3v) is 6.49. The highest BCUT2D eigenvalue weighted by atomic mass is 32.2. The largest absolute Gasteiger partial charge is 0.485 e. The van der Waals surface area contributed by atoms with Gasteiger partial charge in [-0.15, -0.1) is 16.8 Å². The van der Waals surface area contributed by atoms with Gasteiger partial charge in [-0.1, -0.05) is 48.2 Å². The number of ether oxygens (including phenoxy) is 1. The molecule has 2 heterocycles. The minimum atomic E-state index is 0.0866. The number of benzene rings is 2. The van der Waals surface area contributed by atoms with Crippen molar-refractivity contribution in [3.8, 4) is 5.75 Å². The van der Waals surface area contributed by atoms with Crippen LogP contribution < -0.4 is 9.64 Å². The molecule has 0 atom stereocenters. The second kappa shape index (κ2) is 10.0. The standard InChI is InChI=1S/C25H28N4O2S/c1-4-13-29-23(16-31-22-15-18(2)11-12-19(22)3)26-27-25(29)32-17-24(30)28-14-7-9-20-8-5-6-10-21(20)28/h4-6,8,10-12,15H,1,7,9,13-14,16-17H2,2-3H3. The molecule has 0 fully saturated rings. The van der Waals surface area contributed by atoms with Crippen molar-refractivity contribution in [2.75, 3.05) is 17.2 Å². The Bertz CT molecular complexity index is 1120. The van der Waals surface area contributed by atoms with E-state index < -0.39 is 0 Å². The predicted octanol–water partition coefficient (Wildman–Crippen LogP) is 4.73. The lowest BCUT2D eigenvalue weighted by atomic mass is 10.0. The van der Waals surface area contributed by atoms with Crippen LogP contribution in [0.2, 0.25) is 0 Å². The topological polar surface area (TPSA) is 60.2 Å². The third-order valence-electron chi connectivity index (χ3n) is 5.54. The molecule has 0 saturated heterocycles. The first kappa shape index (κ1) is 22.1. The Kier molecular flexibility index (Phi) is 6.95. The molecule has 6 nitrogen and oxygen atoms in total. The van der Waals surface area contributed by atoms with Crippen LogP contribution in [0.3, 0.4) is 0 Å². The zero-order chi connectivity index (χ0) is 22.5. The number of anilines is 1.